The van der Waals surface area contributed by atoms with Gasteiger partial charge in [-0.05, 0) is 51.3 Å². The summed E-state index contributed by atoms with van der Waals surface area (Å²) in [7, 11) is 0. The summed E-state index contributed by atoms with van der Waals surface area (Å²) in [6, 6.07) is 1.94. The van der Waals surface area contributed by atoms with Gasteiger partial charge >= 0.3 is 0 Å². The second-order valence-electron chi connectivity index (χ2n) is 3.40. The van der Waals surface area contributed by atoms with Gasteiger partial charge in [-0.2, -0.15) is 0 Å². The second-order valence-corrected chi connectivity index (χ2v) is 5.17. The SMILES string of the molecule is C=C(C)CC(NN)c1ncc(Br)cc1Br. The maximum Gasteiger partial charge on any atom is 0.0732 e. The lowest BCUT2D eigenvalue weighted by Crippen LogP contribution is -2.29. The summed E-state index contributed by atoms with van der Waals surface area (Å²) < 4.78 is 1.87. The molecule has 0 spiro atoms. The third-order valence-electron chi connectivity index (χ3n) is 1.92. The highest BCUT2D eigenvalue weighted by Crippen LogP contribution is 2.27. The van der Waals surface area contributed by atoms with E-state index >= 15 is 0 Å². The van der Waals surface area contributed by atoms with E-state index in [1.54, 1.807) is 6.20 Å². The first-order valence-electron chi connectivity index (χ1n) is 4.46. The third-order valence-corrected chi connectivity index (χ3v) is 2.99. The van der Waals surface area contributed by atoms with Gasteiger partial charge in [0, 0.05) is 15.1 Å². The van der Waals surface area contributed by atoms with Crippen molar-refractivity contribution in [1.82, 2.24) is 10.4 Å². The number of nitrogens with zero attached hydrogens (tertiary/aromatic N) is 1. The molecule has 0 saturated heterocycles. The van der Waals surface area contributed by atoms with Crippen molar-refractivity contribution >= 4 is 31.9 Å². The molecule has 0 bridgehead atoms. The van der Waals surface area contributed by atoms with Crippen molar-refractivity contribution in [1.29, 1.82) is 0 Å². The van der Waals surface area contributed by atoms with E-state index in [1.807, 2.05) is 13.0 Å². The van der Waals surface area contributed by atoms with Crippen molar-refractivity contribution in [3.63, 3.8) is 0 Å². The number of rotatable bonds is 4. The lowest BCUT2D eigenvalue weighted by Gasteiger charge is -2.16. The van der Waals surface area contributed by atoms with E-state index in [-0.39, 0.29) is 6.04 Å². The molecule has 0 aliphatic carbocycles. The van der Waals surface area contributed by atoms with Crippen LogP contribution in [-0.2, 0) is 0 Å². The van der Waals surface area contributed by atoms with Gasteiger partial charge in [-0.15, -0.1) is 6.58 Å². The molecule has 1 rings (SSSR count). The highest BCUT2D eigenvalue weighted by molar-refractivity contribution is 9.11. The Balaban J connectivity index is 2.96. The first-order chi connectivity index (χ1) is 7.04. The van der Waals surface area contributed by atoms with Crippen LogP contribution in [0.1, 0.15) is 25.1 Å². The number of halogens is 2. The van der Waals surface area contributed by atoms with E-state index in [1.165, 1.54) is 0 Å². The van der Waals surface area contributed by atoms with Gasteiger partial charge in [0.1, 0.15) is 0 Å². The minimum atomic E-state index is -0.00928. The molecule has 0 radical (unpaired) electrons. The highest BCUT2D eigenvalue weighted by atomic mass is 79.9. The lowest BCUT2D eigenvalue weighted by atomic mass is 10.1. The molecule has 0 aliphatic heterocycles. The molecule has 0 aromatic carbocycles. The van der Waals surface area contributed by atoms with Crippen LogP contribution in [0.25, 0.3) is 0 Å². The van der Waals surface area contributed by atoms with Crippen molar-refractivity contribution in [2.75, 3.05) is 0 Å². The standard InChI is InChI=1S/C10H13Br2N3/c1-6(2)3-9(15-13)10-8(12)4-7(11)5-14-10/h4-5,9,15H,1,3,13H2,2H3. The van der Waals surface area contributed by atoms with Gasteiger partial charge in [-0.1, -0.05) is 5.57 Å². The number of hydrogen-bond acceptors (Lipinski definition) is 3. The number of nitrogens with one attached hydrogen (secondary N) is 1. The molecule has 3 N–H and O–H groups in total. The molecule has 15 heavy (non-hydrogen) atoms. The van der Waals surface area contributed by atoms with E-state index in [0.29, 0.717) is 0 Å². The summed E-state index contributed by atoms with van der Waals surface area (Å²) in [6.45, 7) is 5.84. The maximum atomic E-state index is 5.50. The fraction of sp³-hybridized carbons (Fsp3) is 0.300. The number of nitrogens with two attached hydrogens (primary N) is 1. The largest absolute Gasteiger partial charge is 0.271 e. The Kier molecular flexibility index (Phi) is 4.92. The Labute approximate surface area is 106 Å². The van der Waals surface area contributed by atoms with Crippen molar-refractivity contribution in [2.45, 2.75) is 19.4 Å². The highest BCUT2D eigenvalue weighted by Gasteiger charge is 2.14. The molecule has 1 aromatic rings. The number of pyridine rings is 1. The topological polar surface area (TPSA) is 50.9 Å². The van der Waals surface area contributed by atoms with Crippen molar-refractivity contribution < 1.29 is 0 Å². The van der Waals surface area contributed by atoms with Gasteiger partial charge in [0.15, 0.2) is 0 Å². The molecule has 0 fully saturated rings. The maximum absolute atomic E-state index is 5.50. The van der Waals surface area contributed by atoms with Gasteiger partial charge < -0.3 is 0 Å². The molecule has 1 aromatic heterocycles. The van der Waals surface area contributed by atoms with Crippen molar-refractivity contribution in [3.05, 3.63) is 39.1 Å². The van der Waals surface area contributed by atoms with Gasteiger partial charge in [-0.3, -0.25) is 16.3 Å². The van der Waals surface area contributed by atoms with Gasteiger partial charge in [0.25, 0.3) is 0 Å². The minimum absolute atomic E-state index is 0.00928. The predicted molar refractivity (Wildman–Crippen MR) is 69.1 cm³/mol. The number of aromatic nitrogens is 1. The Hall–Kier alpha value is -0.230. The average molecular weight is 335 g/mol. The molecular weight excluding hydrogens is 322 g/mol. The van der Waals surface area contributed by atoms with Crippen LogP contribution in [-0.4, -0.2) is 4.98 Å². The van der Waals surface area contributed by atoms with Crippen LogP contribution >= 0.6 is 31.9 Å². The minimum Gasteiger partial charge on any atom is -0.271 e. The summed E-state index contributed by atoms with van der Waals surface area (Å²) in [4.78, 5) is 4.32. The number of hydrazine groups is 1. The fourth-order valence-electron chi connectivity index (χ4n) is 1.26. The summed E-state index contributed by atoms with van der Waals surface area (Å²) >= 11 is 6.82. The van der Waals surface area contributed by atoms with Crippen LogP contribution in [0.5, 0.6) is 0 Å². The Bertz CT molecular complexity index is 366. The zero-order valence-electron chi connectivity index (χ0n) is 8.43. The fourth-order valence-corrected chi connectivity index (χ4v) is 2.53. The normalized spacial score (nSPS) is 12.5. The Morgan fingerprint density at radius 2 is 2.33 bits per heavy atom. The molecule has 3 nitrogen and oxygen atoms in total. The quantitative estimate of drug-likeness (QED) is 0.505. The molecule has 5 heteroatoms. The van der Waals surface area contributed by atoms with Crippen LogP contribution in [0.3, 0.4) is 0 Å². The van der Waals surface area contributed by atoms with E-state index in [2.05, 4.69) is 48.8 Å². The molecule has 82 valence electrons. The molecule has 0 amide bonds. The summed E-state index contributed by atoms with van der Waals surface area (Å²) in [5.41, 5.74) is 4.70. The van der Waals surface area contributed by atoms with Crippen LogP contribution in [0, 0.1) is 0 Å². The van der Waals surface area contributed by atoms with Crippen LogP contribution in [0.2, 0.25) is 0 Å². The van der Waals surface area contributed by atoms with E-state index in [4.69, 9.17) is 5.84 Å². The first-order valence-corrected chi connectivity index (χ1v) is 6.04. The van der Waals surface area contributed by atoms with Gasteiger partial charge in [0.05, 0.1) is 11.7 Å². The third kappa shape index (κ3) is 3.68. The van der Waals surface area contributed by atoms with Crippen molar-refractivity contribution in [3.8, 4) is 0 Å². The number of hydrogen-bond donors (Lipinski definition) is 2. The first kappa shape index (κ1) is 12.8. The summed E-state index contributed by atoms with van der Waals surface area (Å²) in [5, 5.41) is 0. The average Bonchev–Trinajstić information content (AvgIpc) is 2.14. The molecule has 0 aliphatic rings. The lowest BCUT2D eigenvalue weighted by molar-refractivity contribution is 0.534. The van der Waals surface area contributed by atoms with E-state index in [0.717, 1.165) is 26.6 Å². The van der Waals surface area contributed by atoms with Crippen LogP contribution in [0.15, 0.2) is 33.4 Å². The molecule has 1 unspecified atom stereocenters. The second kappa shape index (κ2) is 5.75. The Morgan fingerprint density at radius 3 is 2.80 bits per heavy atom. The molecule has 1 heterocycles. The zero-order chi connectivity index (χ0) is 11.4. The summed E-state index contributed by atoms with van der Waals surface area (Å²) in [6.07, 6.45) is 2.52. The van der Waals surface area contributed by atoms with Crippen LogP contribution < -0.4 is 11.3 Å². The van der Waals surface area contributed by atoms with Crippen molar-refractivity contribution in [2.24, 2.45) is 5.84 Å². The zero-order valence-corrected chi connectivity index (χ0v) is 11.6. The van der Waals surface area contributed by atoms with Crippen LogP contribution in [0.4, 0.5) is 0 Å². The molecule has 1 atom stereocenters. The molecular formula is C10H13Br2N3. The smallest absolute Gasteiger partial charge is 0.0732 e. The monoisotopic (exact) mass is 333 g/mol. The molecule has 0 saturated carbocycles. The predicted octanol–water partition coefficient (Wildman–Crippen LogP) is 3.08. The van der Waals surface area contributed by atoms with Gasteiger partial charge in [-0.25, -0.2) is 0 Å². The summed E-state index contributed by atoms with van der Waals surface area (Å²) in [5.74, 6) is 5.50. The van der Waals surface area contributed by atoms with E-state index in [9.17, 15) is 0 Å². The van der Waals surface area contributed by atoms with Gasteiger partial charge in [0.2, 0.25) is 0 Å². The van der Waals surface area contributed by atoms with E-state index < -0.39 is 0 Å². The Morgan fingerprint density at radius 1 is 1.67 bits per heavy atom.